The Morgan fingerprint density at radius 3 is 2.81 bits per heavy atom. The van der Waals surface area contributed by atoms with Gasteiger partial charge in [-0.25, -0.2) is 4.79 Å². The minimum absolute atomic E-state index is 0.338. The number of rotatable bonds is 2. The van der Waals surface area contributed by atoms with Gasteiger partial charge in [0, 0.05) is 24.1 Å². The van der Waals surface area contributed by atoms with Gasteiger partial charge in [-0.3, -0.25) is 0 Å². The number of hydrogen-bond donors (Lipinski definition) is 1. The molecule has 0 radical (unpaired) electrons. The van der Waals surface area contributed by atoms with Crippen LogP contribution in [0, 0.1) is 0 Å². The molecule has 16 heavy (non-hydrogen) atoms. The molecule has 7 heteroatoms. The number of carbonyl (C=O) groups excluding carboxylic acids is 1. The van der Waals surface area contributed by atoms with Gasteiger partial charge in [0.1, 0.15) is 6.54 Å². The highest BCUT2D eigenvalue weighted by molar-refractivity contribution is 8.00. The molecule has 1 unspecified atom stereocenters. The molecule has 0 aromatic carbocycles. The van der Waals surface area contributed by atoms with E-state index in [1.165, 1.54) is 4.90 Å². The zero-order chi connectivity index (χ0) is 12.2. The summed E-state index contributed by atoms with van der Waals surface area (Å²) in [6, 6.07) is -0.615. The summed E-state index contributed by atoms with van der Waals surface area (Å²) < 4.78 is 35.7. The number of halogens is 3. The zero-order valence-corrected chi connectivity index (χ0v) is 9.83. The number of hydrogen-bond acceptors (Lipinski definition) is 2. The molecule has 0 saturated carbocycles. The molecule has 0 spiro atoms. The average molecular weight is 256 g/mol. The lowest BCUT2D eigenvalue weighted by atomic mass is 10.3. The second-order valence-electron chi connectivity index (χ2n) is 3.62. The van der Waals surface area contributed by atoms with E-state index in [2.05, 4.69) is 0 Å². The summed E-state index contributed by atoms with van der Waals surface area (Å²) in [7, 11) is 0. The minimum atomic E-state index is -4.34. The van der Waals surface area contributed by atoms with Gasteiger partial charge in [0.25, 0.3) is 0 Å². The van der Waals surface area contributed by atoms with Gasteiger partial charge in [-0.15, -0.1) is 0 Å². The van der Waals surface area contributed by atoms with Crippen LogP contribution in [0.3, 0.4) is 0 Å². The summed E-state index contributed by atoms with van der Waals surface area (Å²) in [4.78, 5) is 12.9. The van der Waals surface area contributed by atoms with Crippen LogP contribution in [0.25, 0.3) is 0 Å². The van der Waals surface area contributed by atoms with Crippen LogP contribution in [0.4, 0.5) is 18.0 Å². The molecular formula is C9H15F3N2OS. The molecule has 1 fully saturated rings. The molecule has 1 rings (SSSR count). The van der Waals surface area contributed by atoms with Gasteiger partial charge in [-0.05, 0) is 6.42 Å². The molecule has 3 nitrogen and oxygen atoms in total. The Kier molecular flexibility index (Phi) is 4.76. The Hall–Kier alpha value is -0.590. The average Bonchev–Trinajstić information content (AvgIpc) is 2.25. The fourth-order valence-corrected chi connectivity index (χ4v) is 2.62. The molecule has 1 atom stereocenters. The van der Waals surface area contributed by atoms with Gasteiger partial charge in [-0.2, -0.15) is 24.9 Å². The van der Waals surface area contributed by atoms with E-state index in [1.807, 2.05) is 12.2 Å². The van der Waals surface area contributed by atoms with Gasteiger partial charge >= 0.3 is 12.2 Å². The van der Waals surface area contributed by atoms with Crippen molar-refractivity contribution in [3.05, 3.63) is 0 Å². The number of amides is 2. The van der Waals surface area contributed by atoms with E-state index in [-0.39, 0.29) is 0 Å². The molecule has 2 amide bonds. The lowest BCUT2D eigenvalue weighted by molar-refractivity contribution is -0.123. The maximum atomic E-state index is 11.9. The van der Waals surface area contributed by atoms with Crippen molar-refractivity contribution in [1.82, 2.24) is 10.2 Å². The number of nitrogens with zero attached hydrogens (tertiary/aromatic N) is 1. The molecule has 0 aliphatic carbocycles. The van der Waals surface area contributed by atoms with Crippen LogP contribution in [0.1, 0.15) is 13.3 Å². The molecule has 0 aromatic heterocycles. The minimum Gasteiger partial charge on any atom is -0.329 e. The van der Waals surface area contributed by atoms with Crippen LogP contribution in [-0.2, 0) is 0 Å². The Morgan fingerprint density at radius 1 is 1.56 bits per heavy atom. The highest BCUT2D eigenvalue weighted by atomic mass is 32.2. The third-order valence-electron chi connectivity index (χ3n) is 2.32. The second kappa shape index (κ2) is 5.65. The molecule has 94 valence electrons. The van der Waals surface area contributed by atoms with E-state index in [9.17, 15) is 18.0 Å². The summed E-state index contributed by atoms with van der Waals surface area (Å²) >= 11 is 1.76. The van der Waals surface area contributed by atoms with Gasteiger partial charge in [0.15, 0.2) is 0 Å². The van der Waals surface area contributed by atoms with Crippen molar-refractivity contribution in [1.29, 1.82) is 0 Å². The highest BCUT2D eigenvalue weighted by Gasteiger charge is 2.30. The van der Waals surface area contributed by atoms with E-state index in [0.717, 1.165) is 12.2 Å². The Bertz CT molecular complexity index is 247. The van der Waals surface area contributed by atoms with Crippen molar-refractivity contribution in [3.63, 3.8) is 0 Å². The third kappa shape index (κ3) is 4.51. The Morgan fingerprint density at radius 2 is 2.25 bits per heavy atom. The van der Waals surface area contributed by atoms with Crippen LogP contribution in [0.15, 0.2) is 0 Å². The molecular weight excluding hydrogens is 241 g/mol. The fourth-order valence-electron chi connectivity index (χ4n) is 1.44. The van der Waals surface area contributed by atoms with Crippen molar-refractivity contribution in [2.24, 2.45) is 0 Å². The largest absolute Gasteiger partial charge is 0.405 e. The summed E-state index contributed by atoms with van der Waals surface area (Å²) in [6.07, 6.45) is -3.42. The standard InChI is InChI=1S/C9H15F3N2OS/c1-2-7-5-14(3-4-16-7)8(15)13-6-9(10,11)12/h7H,2-6H2,1H3,(H,13,15). The molecule has 1 aliphatic rings. The lowest BCUT2D eigenvalue weighted by Crippen LogP contribution is -2.48. The Balaban J connectivity index is 2.36. The van der Waals surface area contributed by atoms with E-state index in [4.69, 9.17) is 0 Å². The van der Waals surface area contributed by atoms with E-state index >= 15 is 0 Å². The predicted octanol–water partition coefficient (Wildman–Crippen LogP) is 2.09. The van der Waals surface area contributed by atoms with Gasteiger partial charge < -0.3 is 10.2 Å². The van der Waals surface area contributed by atoms with Crippen LogP contribution in [-0.4, -0.2) is 47.7 Å². The lowest BCUT2D eigenvalue weighted by Gasteiger charge is -2.32. The normalized spacial score (nSPS) is 22.0. The van der Waals surface area contributed by atoms with Crippen LogP contribution in [0.2, 0.25) is 0 Å². The molecule has 1 saturated heterocycles. The predicted molar refractivity (Wildman–Crippen MR) is 57.6 cm³/mol. The Labute approximate surface area is 96.7 Å². The van der Waals surface area contributed by atoms with Crippen molar-refractivity contribution in [2.45, 2.75) is 24.8 Å². The summed E-state index contributed by atoms with van der Waals surface area (Å²) in [6.45, 7) is 1.80. The van der Waals surface area contributed by atoms with Gasteiger partial charge in [-0.1, -0.05) is 6.92 Å². The third-order valence-corrected chi connectivity index (χ3v) is 3.69. The molecule has 0 bridgehead atoms. The maximum absolute atomic E-state index is 11.9. The number of nitrogens with one attached hydrogen (secondary N) is 1. The van der Waals surface area contributed by atoms with Crippen LogP contribution < -0.4 is 5.32 Å². The number of thioether (sulfide) groups is 1. The highest BCUT2D eigenvalue weighted by Crippen LogP contribution is 2.21. The van der Waals surface area contributed by atoms with Crippen molar-refractivity contribution < 1.29 is 18.0 Å². The van der Waals surface area contributed by atoms with Crippen LogP contribution >= 0.6 is 11.8 Å². The first-order chi connectivity index (χ1) is 7.42. The first-order valence-corrected chi connectivity index (χ1v) is 6.18. The molecule has 1 aliphatic heterocycles. The topological polar surface area (TPSA) is 32.3 Å². The molecule has 1 heterocycles. The smallest absolute Gasteiger partial charge is 0.329 e. The summed E-state index contributed by atoms with van der Waals surface area (Å²) in [5.74, 6) is 0.790. The van der Waals surface area contributed by atoms with E-state index < -0.39 is 18.8 Å². The van der Waals surface area contributed by atoms with Crippen molar-refractivity contribution in [3.8, 4) is 0 Å². The first kappa shape index (κ1) is 13.5. The number of carbonyl (C=O) groups is 1. The van der Waals surface area contributed by atoms with E-state index in [0.29, 0.717) is 18.3 Å². The number of urea groups is 1. The van der Waals surface area contributed by atoms with E-state index in [1.54, 1.807) is 11.8 Å². The molecule has 1 N–H and O–H groups in total. The second-order valence-corrected chi connectivity index (χ2v) is 5.03. The fraction of sp³-hybridized carbons (Fsp3) is 0.889. The summed E-state index contributed by atoms with van der Waals surface area (Å²) in [5.41, 5.74) is 0. The SMILES string of the molecule is CCC1CN(C(=O)NCC(F)(F)F)CCS1. The van der Waals surface area contributed by atoms with Crippen molar-refractivity contribution >= 4 is 17.8 Å². The summed E-state index contributed by atoms with van der Waals surface area (Å²) in [5, 5.41) is 2.23. The first-order valence-electron chi connectivity index (χ1n) is 5.13. The monoisotopic (exact) mass is 256 g/mol. The van der Waals surface area contributed by atoms with Gasteiger partial charge in [0.2, 0.25) is 0 Å². The molecule has 0 aromatic rings. The maximum Gasteiger partial charge on any atom is 0.405 e. The number of alkyl halides is 3. The quantitative estimate of drug-likeness (QED) is 0.820. The van der Waals surface area contributed by atoms with Gasteiger partial charge in [0.05, 0.1) is 0 Å². The zero-order valence-electron chi connectivity index (χ0n) is 9.01. The van der Waals surface area contributed by atoms with Crippen LogP contribution in [0.5, 0.6) is 0 Å². The van der Waals surface area contributed by atoms with Crippen molar-refractivity contribution in [2.75, 3.05) is 25.4 Å².